The minimum atomic E-state index is -3.58. The van der Waals surface area contributed by atoms with Gasteiger partial charge in [-0.2, -0.15) is 0 Å². The Kier molecular flexibility index (Phi) is 3.60. The Morgan fingerprint density at radius 1 is 1.09 bits per heavy atom. The smallest absolute Gasteiger partial charge is 0.263 e. The van der Waals surface area contributed by atoms with Crippen molar-refractivity contribution in [2.75, 3.05) is 11.3 Å². The Morgan fingerprint density at radius 2 is 1.96 bits per heavy atom. The van der Waals surface area contributed by atoms with Crippen LogP contribution in [0.2, 0.25) is 0 Å². The zero-order valence-corrected chi connectivity index (χ0v) is 14.0. The fraction of sp³-hybridized carbons (Fsp3) is 0.176. The van der Waals surface area contributed by atoms with Gasteiger partial charge >= 0.3 is 0 Å². The lowest BCUT2D eigenvalue weighted by molar-refractivity contribution is 0.602. The number of hydrogen-bond donors (Lipinski definition) is 2. The number of sulfonamides is 1. The maximum Gasteiger partial charge on any atom is 0.263 e. The molecule has 1 aromatic heterocycles. The molecule has 0 radical (unpaired) electrons. The summed E-state index contributed by atoms with van der Waals surface area (Å²) in [6, 6.07) is 13.3. The fourth-order valence-electron chi connectivity index (χ4n) is 2.92. The van der Waals surface area contributed by atoms with Gasteiger partial charge in [-0.05, 0) is 42.3 Å². The SMILES string of the molecule is O=S(=O)(Nc1ccc2c(c1)CNCC2)c1csc2ccccc12. The van der Waals surface area contributed by atoms with Crippen LogP contribution in [0.4, 0.5) is 5.69 Å². The molecule has 118 valence electrons. The number of rotatable bonds is 3. The molecule has 4 nitrogen and oxygen atoms in total. The molecule has 3 aromatic rings. The van der Waals surface area contributed by atoms with Crippen molar-refractivity contribution in [1.29, 1.82) is 0 Å². The molecule has 4 rings (SSSR count). The first kappa shape index (κ1) is 14.7. The molecule has 0 amide bonds. The average molecular weight is 344 g/mol. The summed E-state index contributed by atoms with van der Waals surface area (Å²) in [6.07, 6.45) is 0.984. The molecule has 23 heavy (non-hydrogen) atoms. The van der Waals surface area contributed by atoms with Crippen molar-refractivity contribution in [2.45, 2.75) is 17.9 Å². The summed E-state index contributed by atoms with van der Waals surface area (Å²) in [5.74, 6) is 0. The van der Waals surface area contributed by atoms with Crippen molar-refractivity contribution >= 4 is 37.1 Å². The zero-order valence-electron chi connectivity index (χ0n) is 12.4. The van der Waals surface area contributed by atoms with Gasteiger partial charge in [-0.25, -0.2) is 8.42 Å². The molecule has 0 saturated heterocycles. The largest absolute Gasteiger partial charge is 0.312 e. The molecule has 2 heterocycles. The lowest BCUT2D eigenvalue weighted by Crippen LogP contribution is -2.23. The molecule has 1 aliphatic heterocycles. The number of hydrogen-bond acceptors (Lipinski definition) is 4. The van der Waals surface area contributed by atoms with Gasteiger partial charge < -0.3 is 5.32 Å². The van der Waals surface area contributed by atoms with Gasteiger partial charge in [-0.1, -0.05) is 24.3 Å². The lowest BCUT2D eigenvalue weighted by atomic mass is 10.0. The van der Waals surface area contributed by atoms with E-state index in [1.165, 1.54) is 16.9 Å². The minimum absolute atomic E-state index is 0.342. The second-order valence-corrected chi connectivity index (χ2v) is 8.17. The van der Waals surface area contributed by atoms with Gasteiger partial charge in [0.2, 0.25) is 0 Å². The lowest BCUT2D eigenvalue weighted by Gasteiger charge is -2.18. The molecular formula is C17H16N2O2S2. The Morgan fingerprint density at radius 3 is 2.87 bits per heavy atom. The van der Waals surface area contributed by atoms with Gasteiger partial charge in [0, 0.05) is 27.7 Å². The molecule has 0 bridgehead atoms. The monoisotopic (exact) mass is 344 g/mol. The van der Waals surface area contributed by atoms with Gasteiger partial charge in [0.25, 0.3) is 10.0 Å². The van der Waals surface area contributed by atoms with Crippen LogP contribution in [-0.4, -0.2) is 15.0 Å². The molecule has 0 aliphatic carbocycles. The maximum absolute atomic E-state index is 12.7. The molecular weight excluding hydrogens is 328 g/mol. The Balaban J connectivity index is 1.70. The fourth-order valence-corrected chi connectivity index (χ4v) is 5.47. The van der Waals surface area contributed by atoms with Gasteiger partial charge in [-0.3, -0.25) is 4.72 Å². The molecule has 0 fully saturated rings. The van der Waals surface area contributed by atoms with E-state index in [9.17, 15) is 8.42 Å². The Bertz CT molecular complexity index is 977. The predicted octanol–water partition coefficient (Wildman–Crippen LogP) is 3.35. The first-order valence-corrected chi connectivity index (χ1v) is 9.81. The highest BCUT2D eigenvalue weighted by atomic mass is 32.2. The maximum atomic E-state index is 12.7. The van der Waals surface area contributed by atoms with E-state index >= 15 is 0 Å². The molecule has 0 spiro atoms. The number of fused-ring (bicyclic) bond motifs is 2. The van der Waals surface area contributed by atoms with Crippen molar-refractivity contribution in [3.8, 4) is 0 Å². The highest BCUT2D eigenvalue weighted by Gasteiger charge is 2.19. The van der Waals surface area contributed by atoms with E-state index in [-0.39, 0.29) is 0 Å². The summed E-state index contributed by atoms with van der Waals surface area (Å²) < 4.78 is 29.1. The van der Waals surface area contributed by atoms with Gasteiger partial charge in [0.1, 0.15) is 4.90 Å². The second-order valence-electron chi connectivity index (χ2n) is 5.61. The number of thiophene rings is 1. The Labute approximate surface area is 139 Å². The molecule has 0 atom stereocenters. The van der Waals surface area contributed by atoms with Crippen molar-refractivity contribution in [3.05, 3.63) is 59.0 Å². The highest BCUT2D eigenvalue weighted by Crippen LogP contribution is 2.30. The van der Waals surface area contributed by atoms with Crippen molar-refractivity contribution in [3.63, 3.8) is 0 Å². The van der Waals surface area contributed by atoms with Crippen LogP contribution in [-0.2, 0) is 23.0 Å². The quantitative estimate of drug-likeness (QED) is 0.766. The first-order valence-electron chi connectivity index (χ1n) is 7.45. The molecule has 0 unspecified atom stereocenters. The third-order valence-corrected chi connectivity index (χ3v) is 6.61. The van der Waals surface area contributed by atoms with E-state index in [1.807, 2.05) is 42.5 Å². The number of benzene rings is 2. The van der Waals surface area contributed by atoms with Crippen LogP contribution in [0.5, 0.6) is 0 Å². The predicted molar refractivity (Wildman–Crippen MR) is 94.5 cm³/mol. The van der Waals surface area contributed by atoms with E-state index in [0.717, 1.165) is 35.2 Å². The van der Waals surface area contributed by atoms with Crippen LogP contribution in [0, 0.1) is 0 Å². The standard InChI is InChI=1S/C17H16N2O2S2/c20-23(21,17-11-22-16-4-2-1-3-15(16)17)19-14-6-5-12-7-8-18-10-13(12)9-14/h1-6,9,11,18-19H,7-8,10H2. The third kappa shape index (κ3) is 2.73. The van der Waals surface area contributed by atoms with Crippen molar-refractivity contribution in [1.82, 2.24) is 5.32 Å². The summed E-state index contributed by atoms with van der Waals surface area (Å²) in [6.45, 7) is 1.76. The summed E-state index contributed by atoms with van der Waals surface area (Å²) in [5.41, 5.74) is 3.06. The highest BCUT2D eigenvalue weighted by molar-refractivity contribution is 7.93. The van der Waals surface area contributed by atoms with E-state index < -0.39 is 10.0 Å². The van der Waals surface area contributed by atoms with Crippen molar-refractivity contribution in [2.24, 2.45) is 0 Å². The average Bonchev–Trinajstić information content (AvgIpc) is 2.99. The van der Waals surface area contributed by atoms with Gasteiger partial charge in [-0.15, -0.1) is 11.3 Å². The molecule has 6 heteroatoms. The van der Waals surface area contributed by atoms with Crippen LogP contribution >= 0.6 is 11.3 Å². The van der Waals surface area contributed by atoms with Crippen LogP contribution in [0.1, 0.15) is 11.1 Å². The summed E-state index contributed by atoms with van der Waals surface area (Å²) in [5, 5.41) is 5.78. The number of nitrogens with one attached hydrogen (secondary N) is 2. The Hall–Kier alpha value is -1.89. The summed E-state index contributed by atoms with van der Waals surface area (Å²) >= 11 is 1.45. The van der Waals surface area contributed by atoms with E-state index in [4.69, 9.17) is 0 Å². The van der Waals surface area contributed by atoms with Crippen molar-refractivity contribution < 1.29 is 8.42 Å². The first-order chi connectivity index (χ1) is 11.1. The van der Waals surface area contributed by atoms with Gasteiger partial charge in [0.15, 0.2) is 0 Å². The van der Waals surface area contributed by atoms with Crippen LogP contribution in [0.25, 0.3) is 10.1 Å². The summed E-state index contributed by atoms with van der Waals surface area (Å²) in [7, 11) is -3.58. The normalized spacial score (nSPS) is 14.6. The van der Waals surface area contributed by atoms with Crippen LogP contribution in [0.15, 0.2) is 52.7 Å². The van der Waals surface area contributed by atoms with E-state index in [1.54, 1.807) is 5.38 Å². The van der Waals surface area contributed by atoms with E-state index in [0.29, 0.717) is 10.6 Å². The number of anilines is 1. The molecule has 0 saturated carbocycles. The molecule has 2 N–H and O–H groups in total. The second kappa shape index (κ2) is 5.63. The summed E-state index contributed by atoms with van der Waals surface area (Å²) in [4.78, 5) is 0.342. The van der Waals surface area contributed by atoms with E-state index in [2.05, 4.69) is 10.0 Å². The zero-order chi connectivity index (χ0) is 15.9. The molecule has 1 aliphatic rings. The third-order valence-electron chi connectivity index (χ3n) is 4.08. The van der Waals surface area contributed by atoms with Crippen LogP contribution < -0.4 is 10.0 Å². The van der Waals surface area contributed by atoms with Gasteiger partial charge in [0.05, 0.1) is 0 Å². The minimum Gasteiger partial charge on any atom is -0.312 e. The topological polar surface area (TPSA) is 58.2 Å². The molecule has 2 aromatic carbocycles. The van der Waals surface area contributed by atoms with Crippen LogP contribution in [0.3, 0.4) is 0 Å².